The van der Waals surface area contributed by atoms with Gasteiger partial charge >= 0.3 is 0 Å². The van der Waals surface area contributed by atoms with E-state index < -0.39 is 15.6 Å². The van der Waals surface area contributed by atoms with Crippen molar-refractivity contribution >= 4 is 10.0 Å². The van der Waals surface area contributed by atoms with Gasteiger partial charge in [0.1, 0.15) is 0 Å². The molecule has 0 radical (unpaired) electrons. The van der Waals surface area contributed by atoms with Crippen LogP contribution in [0.1, 0.15) is 27.2 Å². The molecule has 0 saturated carbocycles. The highest BCUT2D eigenvalue weighted by atomic mass is 32.2. The highest BCUT2D eigenvalue weighted by Gasteiger charge is 2.25. The van der Waals surface area contributed by atoms with Crippen LogP contribution in [0, 0.1) is 5.92 Å². The normalized spacial score (nSPS) is 15.9. The number of nitrogens with zero attached hydrogens (tertiary/aromatic N) is 1. The minimum Gasteiger partial charge on any atom is -0.389 e. The maximum Gasteiger partial charge on any atom is 0.242 e. The van der Waals surface area contributed by atoms with E-state index in [2.05, 4.69) is 4.72 Å². The molecule has 0 bridgehead atoms. The van der Waals surface area contributed by atoms with Crippen molar-refractivity contribution in [3.8, 4) is 0 Å². The molecule has 0 aliphatic carbocycles. The summed E-state index contributed by atoms with van der Waals surface area (Å²) in [5, 5.41) is 10.1. The van der Waals surface area contributed by atoms with Crippen LogP contribution in [0.25, 0.3) is 0 Å². The summed E-state index contributed by atoms with van der Waals surface area (Å²) in [6.07, 6.45) is 3.74. The standard InChI is InChI=1S/C12H22N2O3S/c1-10(2)7-12(3,15)9-13-18(16,17)11-5-6-14(4)8-11/h5-6,8,10,13,15H,7,9H2,1-4H3. The average Bonchev–Trinajstić information content (AvgIpc) is 2.61. The first-order valence-corrected chi connectivity index (χ1v) is 7.45. The number of hydrogen-bond donors (Lipinski definition) is 2. The van der Waals surface area contributed by atoms with Gasteiger partial charge in [0, 0.05) is 26.0 Å². The molecule has 0 spiro atoms. The first-order chi connectivity index (χ1) is 8.12. The topological polar surface area (TPSA) is 71.3 Å². The molecule has 0 aromatic carbocycles. The van der Waals surface area contributed by atoms with E-state index in [9.17, 15) is 13.5 Å². The molecule has 1 unspecified atom stereocenters. The minimum atomic E-state index is -3.54. The van der Waals surface area contributed by atoms with Crippen LogP contribution in [0.3, 0.4) is 0 Å². The quantitative estimate of drug-likeness (QED) is 0.816. The predicted octanol–water partition coefficient (Wildman–Crippen LogP) is 1.10. The number of aliphatic hydroxyl groups is 1. The molecule has 1 aromatic heterocycles. The van der Waals surface area contributed by atoms with Crippen molar-refractivity contribution < 1.29 is 13.5 Å². The van der Waals surface area contributed by atoms with Gasteiger partial charge in [0.25, 0.3) is 0 Å². The molecule has 0 amide bonds. The number of aromatic nitrogens is 1. The number of aryl methyl sites for hydroxylation is 1. The fourth-order valence-electron chi connectivity index (χ4n) is 1.92. The molecule has 1 heterocycles. The molecule has 0 aliphatic heterocycles. The Bertz CT molecular complexity index is 489. The van der Waals surface area contributed by atoms with Crippen molar-refractivity contribution in [3.05, 3.63) is 18.5 Å². The maximum absolute atomic E-state index is 11.9. The van der Waals surface area contributed by atoms with Crippen LogP contribution in [-0.4, -0.2) is 30.2 Å². The maximum atomic E-state index is 11.9. The van der Waals surface area contributed by atoms with E-state index in [1.807, 2.05) is 13.8 Å². The Labute approximate surface area is 109 Å². The Morgan fingerprint density at radius 2 is 2.11 bits per heavy atom. The smallest absolute Gasteiger partial charge is 0.242 e. The lowest BCUT2D eigenvalue weighted by molar-refractivity contribution is 0.0437. The van der Waals surface area contributed by atoms with Crippen molar-refractivity contribution in [2.75, 3.05) is 6.54 Å². The van der Waals surface area contributed by atoms with E-state index >= 15 is 0 Å². The molecule has 1 aromatic rings. The van der Waals surface area contributed by atoms with Gasteiger partial charge in [0.2, 0.25) is 10.0 Å². The number of rotatable bonds is 6. The van der Waals surface area contributed by atoms with E-state index in [0.717, 1.165) is 0 Å². The molecule has 0 saturated heterocycles. The SMILES string of the molecule is CC(C)CC(C)(O)CNS(=O)(=O)c1ccn(C)c1. The van der Waals surface area contributed by atoms with Gasteiger partial charge in [0.05, 0.1) is 10.5 Å². The van der Waals surface area contributed by atoms with E-state index in [1.54, 1.807) is 24.7 Å². The molecule has 0 aliphatic rings. The van der Waals surface area contributed by atoms with Gasteiger partial charge in [-0.1, -0.05) is 13.8 Å². The summed E-state index contributed by atoms with van der Waals surface area (Å²) >= 11 is 0. The number of nitrogens with one attached hydrogen (secondary N) is 1. The molecule has 104 valence electrons. The Morgan fingerprint density at radius 1 is 1.50 bits per heavy atom. The van der Waals surface area contributed by atoms with Crippen LogP contribution in [0.5, 0.6) is 0 Å². The van der Waals surface area contributed by atoms with E-state index in [1.165, 1.54) is 12.3 Å². The summed E-state index contributed by atoms with van der Waals surface area (Å²) in [5.41, 5.74) is -1.03. The van der Waals surface area contributed by atoms with E-state index in [0.29, 0.717) is 12.3 Å². The van der Waals surface area contributed by atoms with Crippen molar-refractivity contribution in [3.63, 3.8) is 0 Å². The summed E-state index contributed by atoms with van der Waals surface area (Å²) in [7, 11) is -1.78. The zero-order valence-corrected chi connectivity index (χ0v) is 12.2. The summed E-state index contributed by atoms with van der Waals surface area (Å²) in [6, 6.07) is 1.53. The molecule has 5 nitrogen and oxygen atoms in total. The van der Waals surface area contributed by atoms with Gasteiger partial charge in [-0.25, -0.2) is 13.1 Å². The van der Waals surface area contributed by atoms with Crippen molar-refractivity contribution in [1.29, 1.82) is 0 Å². The Morgan fingerprint density at radius 3 is 2.56 bits per heavy atom. The Hall–Kier alpha value is -0.850. The lowest BCUT2D eigenvalue weighted by Crippen LogP contribution is -2.41. The third-order valence-electron chi connectivity index (χ3n) is 2.61. The second-order valence-electron chi connectivity index (χ2n) is 5.43. The molecule has 6 heteroatoms. The molecule has 1 atom stereocenters. The summed E-state index contributed by atoms with van der Waals surface area (Å²) in [4.78, 5) is 0.213. The van der Waals surface area contributed by atoms with Gasteiger partial charge < -0.3 is 9.67 Å². The van der Waals surface area contributed by atoms with E-state index in [-0.39, 0.29) is 11.4 Å². The van der Waals surface area contributed by atoms with Crippen LogP contribution >= 0.6 is 0 Å². The molecular weight excluding hydrogens is 252 g/mol. The predicted molar refractivity (Wildman–Crippen MR) is 70.7 cm³/mol. The van der Waals surface area contributed by atoms with Gasteiger partial charge in [-0.3, -0.25) is 0 Å². The van der Waals surface area contributed by atoms with Crippen LogP contribution in [0.15, 0.2) is 23.4 Å². The first-order valence-electron chi connectivity index (χ1n) is 5.96. The zero-order valence-electron chi connectivity index (χ0n) is 11.3. The molecule has 1 rings (SSSR count). The van der Waals surface area contributed by atoms with Crippen molar-refractivity contribution in [1.82, 2.24) is 9.29 Å². The highest BCUT2D eigenvalue weighted by molar-refractivity contribution is 7.89. The zero-order chi connectivity index (χ0) is 14.0. The lowest BCUT2D eigenvalue weighted by Gasteiger charge is -2.25. The second-order valence-corrected chi connectivity index (χ2v) is 7.20. The molecule has 2 N–H and O–H groups in total. The number of hydrogen-bond acceptors (Lipinski definition) is 3. The number of sulfonamides is 1. The molecule has 0 fully saturated rings. The van der Waals surface area contributed by atoms with Gasteiger partial charge in [0.15, 0.2) is 0 Å². The fraction of sp³-hybridized carbons (Fsp3) is 0.667. The monoisotopic (exact) mass is 274 g/mol. The second kappa shape index (κ2) is 5.42. The Balaban J connectivity index is 2.68. The van der Waals surface area contributed by atoms with Crippen molar-refractivity contribution in [2.24, 2.45) is 13.0 Å². The Kier molecular flexibility index (Phi) is 4.58. The van der Waals surface area contributed by atoms with Crippen LogP contribution in [0.2, 0.25) is 0 Å². The van der Waals surface area contributed by atoms with Gasteiger partial charge in [-0.15, -0.1) is 0 Å². The molecular formula is C12H22N2O3S. The van der Waals surface area contributed by atoms with Crippen LogP contribution in [-0.2, 0) is 17.1 Å². The minimum absolute atomic E-state index is 0.0163. The van der Waals surface area contributed by atoms with Gasteiger partial charge in [-0.2, -0.15) is 0 Å². The van der Waals surface area contributed by atoms with Crippen molar-refractivity contribution in [2.45, 2.75) is 37.7 Å². The highest BCUT2D eigenvalue weighted by Crippen LogP contribution is 2.16. The van der Waals surface area contributed by atoms with E-state index in [4.69, 9.17) is 0 Å². The fourth-order valence-corrected chi connectivity index (χ4v) is 3.13. The third-order valence-corrected chi connectivity index (χ3v) is 3.99. The first kappa shape index (κ1) is 15.2. The summed E-state index contributed by atoms with van der Waals surface area (Å²) < 4.78 is 28.0. The summed E-state index contributed by atoms with van der Waals surface area (Å²) in [6.45, 7) is 5.63. The van der Waals surface area contributed by atoms with Crippen LogP contribution < -0.4 is 4.72 Å². The van der Waals surface area contributed by atoms with Crippen LogP contribution in [0.4, 0.5) is 0 Å². The lowest BCUT2D eigenvalue weighted by atomic mass is 9.95. The van der Waals surface area contributed by atoms with Gasteiger partial charge in [-0.05, 0) is 25.3 Å². The largest absolute Gasteiger partial charge is 0.389 e. The summed E-state index contributed by atoms with van der Waals surface area (Å²) in [5.74, 6) is 0.307. The average molecular weight is 274 g/mol. The molecule has 18 heavy (non-hydrogen) atoms. The third kappa shape index (κ3) is 4.44.